The summed E-state index contributed by atoms with van der Waals surface area (Å²) in [5.74, 6) is 0.382. The second kappa shape index (κ2) is 5.91. The fourth-order valence-electron chi connectivity index (χ4n) is 3.60. The lowest BCUT2D eigenvalue weighted by Gasteiger charge is -2.16. The Morgan fingerprint density at radius 1 is 1.36 bits per heavy atom. The van der Waals surface area contributed by atoms with Crippen molar-refractivity contribution < 1.29 is 19.4 Å². The Labute approximate surface area is 137 Å². The number of carboxylic acid groups (broad SMARTS) is 1. The number of carbonyl (C=O) groups excluding carboxylic acids is 1. The minimum Gasteiger partial charge on any atom is -0.496 e. The minimum absolute atomic E-state index is 0.0114. The van der Waals surface area contributed by atoms with Gasteiger partial charge in [-0.2, -0.15) is 0 Å². The number of carboxylic acids is 1. The molecule has 0 aromatic heterocycles. The molecule has 0 heterocycles. The van der Waals surface area contributed by atoms with E-state index in [-0.39, 0.29) is 11.8 Å². The standard InChI is InChI=1S/C16H18BrNO4/c1-22-12-6-5-8(7-11(12)17)14(16(20)21)18-15(19)13-9-3-2-4-10(9)13/h5-7,9-10,13-14H,2-4H2,1H3,(H,18,19)(H,20,21). The van der Waals surface area contributed by atoms with Crippen molar-refractivity contribution >= 4 is 27.8 Å². The molecule has 2 N–H and O–H groups in total. The first-order valence-corrected chi connectivity index (χ1v) is 8.19. The van der Waals surface area contributed by atoms with Crippen LogP contribution in [-0.4, -0.2) is 24.1 Å². The molecule has 2 fully saturated rings. The highest BCUT2D eigenvalue weighted by Crippen LogP contribution is 2.57. The van der Waals surface area contributed by atoms with Gasteiger partial charge in [-0.15, -0.1) is 0 Å². The Hall–Kier alpha value is -1.56. The van der Waals surface area contributed by atoms with Crippen LogP contribution in [0.4, 0.5) is 0 Å². The molecular weight excluding hydrogens is 350 g/mol. The molecule has 5 nitrogen and oxygen atoms in total. The van der Waals surface area contributed by atoms with Crippen LogP contribution in [0.5, 0.6) is 5.75 Å². The molecule has 22 heavy (non-hydrogen) atoms. The highest BCUT2D eigenvalue weighted by atomic mass is 79.9. The molecule has 3 unspecified atom stereocenters. The lowest BCUT2D eigenvalue weighted by Crippen LogP contribution is -2.35. The molecule has 2 saturated carbocycles. The fourth-order valence-corrected chi connectivity index (χ4v) is 4.16. The molecule has 0 radical (unpaired) electrons. The Balaban J connectivity index is 1.74. The second-order valence-corrected chi connectivity index (χ2v) is 6.81. The molecule has 3 rings (SSSR count). The molecular formula is C16H18BrNO4. The van der Waals surface area contributed by atoms with E-state index in [1.165, 1.54) is 6.42 Å². The highest BCUT2D eigenvalue weighted by molar-refractivity contribution is 9.10. The predicted octanol–water partition coefficient (Wildman–Crippen LogP) is 2.75. The van der Waals surface area contributed by atoms with Crippen molar-refractivity contribution in [1.29, 1.82) is 0 Å². The molecule has 2 aliphatic rings. The molecule has 1 amide bonds. The predicted molar refractivity (Wildman–Crippen MR) is 83.5 cm³/mol. The zero-order valence-corrected chi connectivity index (χ0v) is 13.8. The third-order valence-electron chi connectivity index (χ3n) is 4.75. The molecule has 3 atom stereocenters. The van der Waals surface area contributed by atoms with Crippen molar-refractivity contribution in [3.8, 4) is 5.75 Å². The summed E-state index contributed by atoms with van der Waals surface area (Å²) in [6, 6.07) is 3.99. The maximum absolute atomic E-state index is 12.3. The van der Waals surface area contributed by atoms with Crippen LogP contribution in [0.3, 0.4) is 0 Å². The van der Waals surface area contributed by atoms with Gasteiger partial charge in [0.2, 0.25) is 5.91 Å². The van der Waals surface area contributed by atoms with Crippen molar-refractivity contribution in [2.45, 2.75) is 25.3 Å². The SMILES string of the molecule is COc1ccc(C(NC(=O)C2C3CCCC32)C(=O)O)cc1Br. The summed E-state index contributed by atoms with van der Waals surface area (Å²) >= 11 is 3.34. The number of carbonyl (C=O) groups is 2. The van der Waals surface area contributed by atoms with Crippen LogP contribution < -0.4 is 10.1 Å². The summed E-state index contributed by atoms with van der Waals surface area (Å²) in [4.78, 5) is 23.8. The number of aliphatic carboxylic acids is 1. The maximum atomic E-state index is 12.3. The molecule has 2 aliphatic carbocycles. The van der Waals surface area contributed by atoms with Gasteiger partial charge in [0, 0.05) is 5.92 Å². The molecule has 0 saturated heterocycles. The minimum atomic E-state index is -1.06. The molecule has 0 aliphatic heterocycles. The number of halogens is 1. The van der Waals surface area contributed by atoms with Gasteiger partial charge in [0.1, 0.15) is 5.75 Å². The monoisotopic (exact) mass is 367 g/mol. The van der Waals surface area contributed by atoms with E-state index in [2.05, 4.69) is 21.2 Å². The molecule has 1 aromatic carbocycles. The Bertz CT molecular complexity index is 608. The quantitative estimate of drug-likeness (QED) is 0.838. The number of hydrogen-bond acceptors (Lipinski definition) is 3. The van der Waals surface area contributed by atoms with Gasteiger partial charge in [-0.05, 0) is 58.3 Å². The van der Waals surface area contributed by atoms with E-state index in [4.69, 9.17) is 4.74 Å². The third kappa shape index (κ3) is 2.72. The zero-order valence-electron chi connectivity index (χ0n) is 12.2. The fraction of sp³-hybridized carbons (Fsp3) is 0.500. The van der Waals surface area contributed by atoms with Gasteiger partial charge in [0.15, 0.2) is 6.04 Å². The highest BCUT2D eigenvalue weighted by Gasteiger charge is 2.56. The second-order valence-electron chi connectivity index (χ2n) is 5.96. The lowest BCUT2D eigenvalue weighted by atomic mass is 10.1. The van der Waals surface area contributed by atoms with Gasteiger partial charge in [-0.1, -0.05) is 12.5 Å². The van der Waals surface area contributed by atoms with Gasteiger partial charge in [-0.3, -0.25) is 4.79 Å². The van der Waals surface area contributed by atoms with Gasteiger partial charge in [0.25, 0.3) is 0 Å². The average Bonchev–Trinajstić information content (AvgIpc) is 2.97. The van der Waals surface area contributed by atoms with Gasteiger partial charge < -0.3 is 15.2 Å². The van der Waals surface area contributed by atoms with E-state index in [1.807, 2.05) is 0 Å². The molecule has 6 heteroatoms. The lowest BCUT2D eigenvalue weighted by molar-refractivity contribution is -0.142. The molecule has 1 aromatic rings. The van der Waals surface area contributed by atoms with Crippen LogP contribution in [-0.2, 0) is 9.59 Å². The number of benzene rings is 1. The Morgan fingerprint density at radius 2 is 2.05 bits per heavy atom. The van der Waals surface area contributed by atoms with Crippen molar-refractivity contribution in [1.82, 2.24) is 5.32 Å². The van der Waals surface area contributed by atoms with Crippen LogP contribution in [0.15, 0.2) is 22.7 Å². The van der Waals surface area contributed by atoms with Crippen molar-refractivity contribution in [2.75, 3.05) is 7.11 Å². The summed E-state index contributed by atoms with van der Waals surface area (Å²) in [6.45, 7) is 0. The molecule has 0 bridgehead atoms. The summed E-state index contributed by atoms with van der Waals surface area (Å²) in [5.41, 5.74) is 0.527. The van der Waals surface area contributed by atoms with E-state index >= 15 is 0 Å². The molecule has 0 spiro atoms. The normalized spacial score (nSPS) is 26.9. The summed E-state index contributed by atoms with van der Waals surface area (Å²) < 4.78 is 5.80. The number of fused-ring (bicyclic) bond motifs is 1. The smallest absolute Gasteiger partial charge is 0.330 e. The Kier molecular flexibility index (Phi) is 4.12. The van der Waals surface area contributed by atoms with E-state index in [9.17, 15) is 14.7 Å². The summed E-state index contributed by atoms with van der Waals surface area (Å²) in [5, 5.41) is 12.1. The largest absolute Gasteiger partial charge is 0.496 e. The van der Waals surface area contributed by atoms with Gasteiger partial charge >= 0.3 is 5.97 Å². The van der Waals surface area contributed by atoms with Crippen LogP contribution in [0, 0.1) is 17.8 Å². The number of methoxy groups -OCH3 is 1. The first-order chi connectivity index (χ1) is 10.5. The summed E-state index contributed by atoms with van der Waals surface area (Å²) in [7, 11) is 1.54. The number of nitrogens with one attached hydrogen (secondary N) is 1. The van der Waals surface area contributed by atoms with Gasteiger partial charge in [0.05, 0.1) is 11.6 Å². The first kappa shape index (κ1) is 15.3. The van der Waals surface area contributed by atoms with Gasteiger partial charge in [-0.25, -0.2) is 4.79 Å². The van der Waals surface area contributed by atoms with Crippen LogP contribution in [0.2, 0.25) is 0 Å². The average molecular weight is 368 g/mol. The maximum Gasteiger partial charge on any atom is 0.330 e. The van der Waals surface area contributed by atoms with E-state index in [0.717, 1.165) is 12.8 Å². The topological polar surface area (TPSA) is 75.6 Å². The van der Waals surface area contributed by atoms with Crippen molar-refractivity contribution in [3.63, 3.8) is 0 Å². The third-order valence-corrected chi connectivity index (χ3v) is 5.37. The van der Waals surface area contributed by atoms with E-state index < -0.39 is 12.0 Å². The zero-order chi connectivity index (χ0) is 15.9. The van der Waals surface area contributed by atoms with Crippen LogP contribution in [0.1, 0.15) is 30.9 Å². The number of ether oxygens (including phenoxy) is 1. The van der Waals surface area contributed by atoms with Crippen molar-refractivity contribution in [3.05, 3.63) is 28.2 Å². The van der Waals surface area contributed by atoms with Crippen molar-refractivity contribution in [2.24, 2.45) is 17.8 Å². The van der Waals surface area contributed by atoms with E-state index in [0.29, 0.717) is 27.6 Å². The van der Waals surface area contributed by atoms with E-state index in [1.54, 1.807) is 25.3 Å². The van der Waals surface area contributed by atoms with Crippen LogP contribution in [0.25, 0.3) is 0 Å². The number of rotatable bonds is 5. The number of amides is 1. The number of hydrogen-bond donors (Lipinski definition) is 2. The summed E-state index contributed by atoms with van der Waals surface area (Å²) in [6.07, 6.45) is 3.37. The Morgan fingerprint density at radius 3 is 2.59 bits per heavy atom. The van der Waals surface area contributed by atoms with Crippen LogP contribution >= 0.6 is 15.9 Å². The molecule has 118 valence electrons. The first-order valence-electron chi connectivity index (χ1n) is 7.39.